The topological polar surface area (TPSA) is 74.6 Å². The number of sulfonamides is 1. The van der Waals surface area contributed by atoms with Crippen LogP contribution in [0.2, 0.25) is 5.02 Å². The van der Waals surface area contributed by atoms with Crippen LogP contribution >= 0.6 is 11.6 Å². The third kappa shape index (κ3) is 6.41. The van der Waals surface area contributed by atoms with E-state index in [2.05, 4.69) is 56.2 Å². The van der Waals surface area contributed by atoms with E-state index in [1.54, 1.807) is 12.1 Å². The molecule has 41 heavy (non-hydrogen) atoms. The molecule has 220 valence electrons. The number of rotatable bonds is 7. The fourth-order valence-electron chi connectivity index (χ4n) is 5.81. The van der Waals surface area contributed by atoms with E-state index >= 15 is 0 Å². The van der Waals surface area contributed by atoms with Crippen molar-refractivity contribution in [2.45, 2.75) is 89.0 Å². The molecule has 0 fully saturated rings. The lowest BCUT2D eigenvalue weighted by atomic mass is 9.87. The summed E-state index contributed by atoms with van der Waals surface area (Å²) in [7, 11) is -1.71. The Labute approximate surface area is 249 Å². The standard InChI is InChI=1S/C32H41ClN4O3S/c1-22-8-13-27(19-28(22)33)41(39,40)37-16-15-36-14-6-7-29(36)30(37)20-31(38)34-26-12-11-24-17-23(9-10-25(24)18-26)21-35(5)32(2,3)4/h6-10,13-14,17,19,26,30H,11-12,15-16,18,20-21H2,1-5H3,(H,34,38). The summed E-state index contributed by atoms with van der Waals surface area (Å²) in [6, 6.07) is 14.8. The minimum atomic E-state index is -3.86. The van der Waals surface area contributed by atoms with E-state index in [1.807, 2.05) is 29.8 Å². The largest absolute Gasteiger partial charge is 0.353 e. The van der Waals surface area contributed by atoms with Gasteiger partial charge in [0, 0.05) is 54.5 Å². The molecule has 3 aromatic rings. The van der Waals surface area contributed by atoms with E-state index in [0.29, 0.717) is 11.6 Å². The quantitative estimate of drug-likeness (QED) is 0.391. The predicted octanol–water partition coefficient (Wildman–Crippen LogP) is 5.49. The number of amides is 1. The van der Waals surface area contributed by atoms with Gasteiger partial charge in [0.1, 0.15) is 0 Å². The van der Waals surface area contributed by atoms with Crippen molar-refractivity contribution in [2.75, 3.05) is 13.6 Å². The summed E-state index contributed by atoms with van der Waals surface area (Å²) in [6.45, 7) is 10.2. The van der Waals surface area contributed by atoms with Crippen LogP contribution in [0.15, 0.2) is 59.6 Å². The Balaban J connectivity index is 1.29. The van der Waals surface area contributed by atoms with Crippen molar-refractivity contribution in [2.24, 2.45) is 0 Å². The molecule has 1 N–H and O–H groups in total. The highest BCUT2D eigenvalue weighted by molar-refractivity contribution is 7.89. The molecule has 0 saturated heterocycles. The van der Waals surface area contributed by atoms with Crippen LogP contribution in [-0.2, 0) is 40.7 Å². The number of nitrogens with one attached hydrogen (secondary N) is 1. The highest BCUT2D eigenvalue weighted by atomic mass is 35.5. The van der Waals surface area contributed by atoms with Gasteiger partial charge >= 0.3 is 0 Å². The van der Waals surface area contributed by atoms with Gasteiger partial charge in [0.15, 0.2) is 0 Å². The lowest BCUT2D eigenvalue weighted by Gasteiger charge is -2.36. The Morgan fingerprint density at radius 2 is 1.88 bits per heavy atom. The molecular formula is C32H41ClN4O3S. The second kappa shape index (κ2) is 11.6. The molecule has 2 atom stereocenters. The first-order chi connectivity index (χ1) is 19.3. The first kappa shape index (κ1) is 29.8. The monoisotopic (exact) mass is 596 g/mol. The van der Waals surface area contributed by atoms with Crippen LogP contribution in [0.25, 0.3) is 0 Å². The van der Waals surface area contributed by atoms with Gasteiger partial charge in [-0.1, -0.05) is 35.9 Å². The fraction of sp³-hybridized carbons (Fsp3) is 0.469. The highest BCUT2D eigenvalue weighted by Gasteiger charge is 2.38. The third-order valence-corrected chi connectivity index (χ3v) is 11.0. The van der Waals surface area contributed by atoms with Crippen LogP contribution in [0.3, 0.4) is 0 Å². The molecule has 0 spiro atoms. The zero-order chi connectivity index (χ0) is 29.5. The van der Waals surface area contributed by atoms with Crippen molar-refractivity contribution in [1.82, 2.24) is 19.1 Å². The summed E-state index contributed by atoms with van der Waals surface area (Å²) < 4.78 is 31.1. The van der Waals surface area contributed by atoms with E-state index in [1.165, 1.54) is 27.1 Å². The lowest BCUT2D eigenvalue weighted by Crippen LogP contribution is -2.45. The van der Waals surface area contributed by atoms with Crippen LogP contribution in [-0.4, -0.2) is 53.3 Å². The van der Waals surface area contributed by atoms with Gasteiger partial charge in [0.2, 0.25) is 15.9 Å². The summed E-state index contributed by atoms with van der Waals surface area (Å²) in [5.41, 5.74) is 5.68. The number of nitrogens with zero attached hydrogens (tertiary/aromatic N) is 3. The third-order valence-electron chi connectivity index (χ3n) is 8.67. The van der Waals surface area contributed by atoms with Gasteiger partial charge in [-0.25, -0.2) is 8.42 Å². The molecule has 1 aliphatic heterocycles. The molecule has 0 bridgehead atoms. The van der Waals surface area contributed by atoms with Gasteiger partial charge in [-0.05, 0) is 101 Å². The Morgan fingerprint density at radius 3 is 2.61 bits per heavy atom. The number of aromatic nitrogens is 1. The lowest BCUT2D eigenvalue weighted by molar-refractivity contribution is -0.123. The minimum Gasteiger partial charge on any atom is -0.353 e. The molecule has 2 heterocycles. The Hall–Kier alpha value is -2.65. The highest BCUT2D eigenvalue weighted by Crippen LogP contribution is 2.35. The second-order valence-electron chi connectivity index (χ2n) is 12.5. The minimum absolute atomic E-state index is 0.0226. The first-order valence-electron chi connectivity index (χ1n) is 14.4. The van der Waals surface area contributed by atoms with Gasteiger partial charge in [-0.3, -0.25) is 9.69 Å². The average Bonchev–Trinajstić information content (AvgIpc) is 3.39. The van der Waals surface area contributed by atoms with Gasteiger partial charge in [0.05, 0.1) is 10.9 Å². The van der Waals surface area contributed by atoms with Crippen molar-refractivity contribution in [3.8, 4) is 0 Å². The molecule has 2 unspecified atom stereocenters. The maximum atomic E-state index is 13.8. The molecule has 7 nitrogen and oxygen atoms in total. The molecule has 1 aliphatic carbocycles. The van der Waals surface area contributed by atoms with E-state index in [0.717, 1.165) is 37.1 Å². The summed E-state index contributed by atoms with van der Waals surface area (Å²) in [5.74, 6) is -0.135. The van der Waals surface area contributed by atoms with Crippen molar-refractivity contribution in [3.05, 3.63) is 87.7 Å². The number of hydrogen-bond donors (Lipinski definition) is 1. The fourth-order valence-corrected chi connectivity index (χ4v) is 7.67. The van der Waals surface area contributed by atoms with Gasteiger partial charge in [-0.15, -0.1) is 0 Å². The Morgan fingerprint density at radius 1 is 1.10 bits per heavy atom. The number of halogens is 1. The molecule has 2 aromatic carbocycles. The summed E-state index contributed by atoms with van der Waals surface area (Å²) in [5, 5.41) is 3.64. The Kier molecular flexibility index (Phi) is 8.41. The van der Waals surface area contributed by atoms with Crippen molar-refractivity contribution in [3.63, 3.8) is 0 Å². The van der Waals surface area contributed by atoms with Gasteiger partial charge in [0.25, 0.3) is 0 Å². The number of carbonyl (C=O) groups excluding carboxylic acids is 1. The van der Waals surface area contributed by atoms with Crippen LogP contribution in [0.5, 0.6) is 0 Å². The number of carbonyl (C=O) groups is 1. The van der Waals surface area contributed by atoms with Crippen LogP contribution in [0.1, 0.15) is 67.6 Å². The summed E-state index contributed by atoms with van der Waals surface area (Å²) in [4.78, 5) is 15.9. The van der Waals surface area contributed by atoms with Crippen molar-refractivity contribution in [1.29, 1.82) is 0 Å². The van der Waals surface area contributed by atoms with Crippen LogP contribution in [0.4, 0.5) is 0 Å². The number of hydrogen-bond acceptors (Lipinski definition) is 4. The van der Waals surface area contributed by atoms with Crippen molar-refractivity contribution < 1.29 is 13.2 Å². The molecule has 2 aliphatic rings. The normalized spacial score (nSPS) is 19.6. The summed E-state index contributed by atoms with van der Waals surface area (Å²) in [6.07, 6.45) is 4.56. The maximum absolute atomic E-state index is 13.8. The Bertz CT molecular complexity index is 1540. The number of aryl methyl sites for hydroxylation is 2. The maximum Gasteiger partial charge on any atom is 0.243 e. The van der Waals surface area contributed by atoms with Crippen LogP contribution < -0.4 is 5.32 Å². The predicted molar refractivity (Wildman–Crippen MR) is 163 cm³/mol. The van der Waals surface area contributed by atoms with E-state index in [-0.39, 0.29) is 35.3 Å². The molecule has 1 amide bonds. The molecule has 1 aromatic heterocycles. The second-order valence-corrected chi connectivity index (χ2v) is 14.8. The van der Waals surface area contributed by atoms with E-state index in [9.17, 15) is 13.2 Å². The van der Waals surface area contributed by atoms with Gasteiger partial charge in [-0.2, -0.15) is 4.31 Å². The van der Waals surface area contributed by atoms with E-state index < -0.39 is 16.1 Å². The van der Waals surface area contributed by atoms with Crippen molar-refractivity contribution >= 4 is 27.5 Å². The molecule has 9 heteroatoms. The average molecular weight is 597 g/mol. The van der Waals surface area contributed by atoms with Crippen LogP contribution in [0, 0.1) is 6.92 Å². The zero-order valence-electron chi connectivity index (χ0n) is 24.7. The molecule has 0 saturated carbocycles. The molecule has 0 radical (unpaired) electrons. The van der Waals surface area contributed by atoms with Gasteiger partial charge < -0.3 is 9.88 Å². The molecular weight excluding hydrogens is 556 g/mol. The van der Waals surface area contributed by atoms with E-state index in [4.69, 9.17) is 11.6 Å². The smallest absolute Gasteiger partial charge is 0.243 e. The number of benzene rings is 2. The zero-order valence-corrected chi connectivity index (χ0v) is 26.2. The molecule has 5 rings (SSSR count). The first-order valence-corrected chi connectivity index (χ1v) is 16.2. The summed E-state index contributed by atoms with van der Waals surface area (Å²) >= 11 is 6.28. The number of fused-ring (bicyclic) bond motifs is 2. The SMILES string of the molecule is Cc1ccc(S(=O)(=O)N2CCn3cccc3C2CC(=O)NC2CCc3cc(CN(C)C(C)(C)C)ccc3C2)cc1Cl.